The van der Waals surface area contributed by atoms with Gasteiger partial charge in [0, 0.05) is 17.3 Å². The molecule has 0 atom stereocenters. The average Bonchev–Trinajstić information content (AvgIpc) is 2.56. The lowest BCUT2D eigenvalue weighted by Gasteiger charge is -2.21. The van der Waals surface area contributed by atoms with Gasteiger partial charge >= 0.3 is 5.97 Å². The molecule has 0 amide bonds. The summed E-state index contributed by atoms with van der Waals surface area (Å²) in [6, 6.07) is 0. The van der Waals surface area contributed by atoms with Gasteiger partial charge in [-0.2, -0.15) is 0 Å². The van der Waals surface area contributed by atoms with E-state index in [1.165, 1.54) is 10.8 Å². The molecule has 1 heterocycles. The van der Waals surface area contributed by atoms with Crippen LogP contribution in [0.5, 0.6) is 0 Å². The third-order valence-corrected chi connectivity index (χ3v) is 3.21. The Morgan fingerprint density at radius 1 is 1.56 bits per heavy atom. The summed E-state index contributed by atoms with van der Waals surface area (Å²) >= 11 is 0.953. The van der Waals surface area contributed by atoms with Crippen LogP contribution in [0.4, 0.5) is 8.78 Å². The first-order valence-electron chi connectivity index (χ1n) is 5.40. The maximum Gasteiger partial charge on any atom is 0.313 e. The lowest BCUT2D eigenvalue weighted by atomic mass is 9.93. The third kappa shape index (κ3) is 3.97. The number of thioether (sulfide) groups is 1. The van der Waals surface area contributed by atoms with E-state index in [9.17, 15) is 13.6 Å². The van der Waals surface area contributed by atoms with Crippen LogP contribution in [0, 0.1) is 0 Å². The lowest BCUT2D eigenvalue weighted by Crippen LogP contribution is -2.20. The maximum atomic E-state index is 12.6. The number of alkyl halides is 2. The van der Waals surface area contributed by atoms with Crippen LogP contribution < -0.4 is 0 Å². The minimum absolute atomic E-state index is 0.191. The molecule has 1 aromatic rings. The molecule has 0 spiro atoms. The van der Waals surface area contributed by atoms with Gasteiger partial charge in [0.15, 0.2) is 5.16 Å². The van der Waals surface area contributed by atoms with Crippen molar-refractivity contribution in [3.63, 3.8) is 0 Å². The van der Waals surface area contributed by atoms with E-state index in [1.807, 2.05) is 20.8 Å². The van der Waals surface area contributed by atoms with Crippen molar-refractivity contribution in [2.75, 3.05) is 5.75 Å². The van der Waals surface area contributed by atoms with Gasteiger partial charge in [0.2, 0.25) is 0 Å². The minimum atomic E-state index is -2.50. The van der Waals surface area contributed by atoms with Crippen molar-refractivity contribution in [1.82, 2.24) is 9.55 Å². The van der Waals surface area contributed by atoms with Gasteiger partial charge in [-0.1, -0.05) is 32.5 Å². The molecule has 1 rings (SSSR count). The molecule has 4 nitrogen and oxygen atoms in total. The van der Waals surface area contributed by atoms with E-state index in [1.54, 1.807) is 0 Å². The summed E-state index contributed by atoms with van der Waals surface area (Å²) in [4.78, 5) is 14.5. The number of nitrogens with zero attached hydrogens (tertiary/aromatic N) is 2. The molecule has 0 unspecified atom stereocenters. The monoisotopic (exact) mass is 278 g/mol. The van der Waals surface area contributed by atoms with Gasteiger partial charge in [-0.3, -0.25) is 4.79 Å². The molecule has 18 heavy (non-hydrogen) atoms. The Morgan fingerprint density at radius 3 is 2.61 bits per heavy atom. The highest BCUT2D eigenvalue weighted by molar-refractivity contribution is 7.99. The normalized spacial score (nSPS) is 12.1. The van der Waals surface area contributed by atoms with Crippen LogP contribution in [-0.2, 0) is 16.8 Å². The zero-order chi connectivity index (χ0) is 13.9. The molecule has 0 saturated heterocycles. The molecule has 0 aliphatic rings. The van der Waals surface area contributed by atoms with Crippen LogP contribution in [0.15, 0.2) is 11.4 Å². The minimum Gasteiger partial charge on any atom is -0.481 e. The smallest absolute Gasteiger partial charge is 0.313 e. The molecule has 0 aliphatic heterocycles. The zero-order valence-electron chi connectivity index (χ0n) is 10.5. The van der Waals surface area contributed by atoms with E-state index < -0.39 is 18.9 Å². The van der Waals surface area contributed by atoms with Crippen LogP contribution in [0.1, 0.15) is 26.5 Å². The number of carboxylic acid groups (broad SMARTS) is 1. The van der Waals surface area contributed by atoms with Crippen LogP contribution in [0.25, 0.3) is 0 Å². The van der Waals surface area contributed by atoms with Gasteiger partial charge in [0.1, 0.15) is 0 Å². The summed E-state index contributed by atoms with van der Waals surface area (Å²) in [5, 5.41) is 8.93. The predicted octanol–water partition coefficient (Wildman–Crippen LogP) is 2.62. The molecule has 0 radical (unpaired) electrons. The average molecular weight is 278 g/mol. The van der Waals surface area contributed by atoms with Crippen LogP contribution in [0.2, 0.25) is 0 Å². The van der Waals surface area contributed by atoms with Crippen molar-refractivity contribution in [1.29, 1.82) is 0 Å². The van der Waals surface area contributed by atoms with Gasteiger partial charge < -0.3 is 9.67 Å². The van der Waals surface area contributed by atoms with Crippen molar-refractivity contribution < 1.29 is 18.7 Å². The Bertz CT molecular complexity index is 427. The van der Waals surface area contributed by atoms with Crippen molar-refractivity contribution in [3.05, 3.63) is 11.9 Å². The van der Waals surface area contributed by atoms with Crippen molar-refractivity contribution in [2.24, 2.45) is 0 Å². The molecule has 0 fully saturated rings. The first-order valence-corrected chi connectivity index (χ1v) is 6.39. The molecule has 102 valence electrons. The van der Waals surface area contributed by atoms with Gasteiger partial charge in [-0.05, 0) is 0 Å². The van der Waals surface area contributed by atoms with E-state index in [-0.39, 0.29) is 11.2 Å². The predicted molar refractivity (Wildman–Crippen MR) is 65.3 cm³/mol. The van der Waals surface area contributed by atoms with E-state index in [0.717, 1.165) is 11.8 Å². The first kappa shape index (κ1) is 14.9. The standard InChI is InChI=1S/C11H16F2N2O2S/c1-11(2,3)7-4-14-10(18-6-9(16)17)15(7)5-8(12)13/h4,8H,5-6H2,1-3H3,(H,16,17). The Kier molecular flexibility index (Phi) is 4.72. The number of carboxylic acids is 1. The van der Waals surface area contributed by atoms with E-state index >= 15 is 0 Å². The second-order valence-corrected chi connectivity index (χ2v) is 5.80. The molecule has 0 bridgehead atoms. The summed E-state index contributed by atoms with van der Waals surface area (Å²) in [5.41, 5.74) is 0.361. The largest absolute Gasteiger partial charge is 0.481 e. The number of carbonyl (C=O) groups is 1. The summed E-state index contributed by atoms with van der Waals surface area (Å²) in [7, 11) is 0. The molecule has 0 aromatic carbocycles. The molecular weight excluding hydrogens is 262 g/mol. The number of halogens is 2. The molecule has 0 aliphatic carbocycles. The molecule has 1 aromatic heterocycles. The Balaban J connectivity index is 3.03. The van der Waals surface area contributed by atoms with Crippen LogP contribution in [0.3, 0.4) is 0 Å². The number of rotatable bonds is 5. The Labute approximate surface area is 108 Å². The SMILES string of the molecule is CC(C)(C)c1cnc(SCC(=O)O)n1CC(F)F. The lowest BCUT2D eigenvalue weighted by molar-refractivity contribution is -0.133. The molecule has 1 N–H and O–H groups in total. The Hall–Kier alpha value is -1.11. The number of imidazole rings is 1. The quantitative estimate of drug-likeness (QED) is 0.841. The van der Waals surface area contributed by atoms with Crippen molar-refractivity contribution in [3.8, 4) is 0 Å². The van der Waals surface area contributed by atoms with Gasteiger partial charge in [0.05, 0.1) is 12.3 Å². The maximum absolute atomic E-state index is 12.6. The van der Waals surface area contributed by atoms with E-state index in [0.29, 0.717) is 10.9 Å². The van der Waals surface area contributed by atoms with E-state index in [2.05, 4.69) is 4.98 Å². The summed E-state index contributed by atoms with van der Waals surface area (Å²) in [5.74, 6) is -1.19. The fourth-order valence-electron chi connectivity index (χ4n) is 1.51. The second-order valence-electron chi connectivity index (χ2n) is 4.86. The molecule has 0 saturated carbocycles. The zero-order valence-corrected chi connectivity index (χ0v) is 11.3. The summed E-state index contributed by atoms with van der Waals surface area (Å²) in [6.07, 6.45) is -0.962. The Morgan fingerprint density at radius 2 is 2.17 bits per heavy atom. The van der Waals surface area contributed by atoms with Crippen molar-refractivity contribution >= 4 is 17.7 Å². The molecule has 7 heteroatoms. The topological polar surface area (TPSA) is 55.1 Å². The fourth-order valence-corrected chi connectivity index (χ4v) is 2.22. The number of hydrogen-bond acceptors (Lipinski definition) is 3. The highest BCUT2D eigenvalue weighted by Gasteiger charge is 2.23. The van der Waals surface area contributed by atoms with Crippen LogP contribution in [-0.4, -0.2) is 32.8 Å². The molecular formula is C11H16F2N2O2S. The van der Waals surface area contributed by atoms with Crippen molar-refractivity contribution in [2.45, 2.75) is 44.3 Å². The fraction of sp³-hybridized carbons (Fsp3) is 0.636. The van der Waals surface area contributed by atoms with E-state index in [4.69, 9.17) is 5.11 Å². The number of aromatic nitrogens is 2. The number of hydrogen-bond donors (Lipinski definition) is 1. The second kappa shape index (κ2) is 5.69. The number of aliphatic carboxylic acids is 1. The highest BCUT2D eigenvalue weighted by atomic mass is 32.2. The summed E-state index contributed by atoms with van der Waals surface area (Å²) in [6.45, 7) is 5.24. The van der Waals surface area contributed by atoms with Gasteiger partial charge in [-0.15, -0.1) is 0 Å². The first-order chi connectivity index (χ1) is 8.21. The highest BCUT2D eigenvalue weighted by Crippen LogP contribution is 2.28. The van der Waals surface area contributed by atoms with Gasteiger partial charge in [-0.25, -0.2) is 13.8 Å². The van der Waals surface area contributed by atoms with Gasteiger partial charge in [0.25, 0.3) is 6.43 Å². The summed E-state index contributed by atoms with van der Waals surface area (Å²) < 4.78 is 26.5. The van der Waals surface area contributed by atoms with Crippen LogP contribution >= 0.6 is 11.8 Å². The third-order valence-electron chi connectivity index (χ3n) is 2.23.